The van der Waals surface area contributed by atoms with Gasteiger partial charge in [0.2, 0.25) is 0 Å². The molecule has 0 aromatic heterocycles. The van der Waals surface area contributed by atoms with E-state index in [4.69, 9.17) is 25.4 Å². The zero-order valence-electron chi connectivity index (χ0n) is 17.0. The van der Waals surface area contributed by atoms with Crippen LogP contribution in [0.15, 0.2) is 42.5 Å². The van der Waals surface area contributed by atoms with E-state index in [2.05, 4.69) is 5.32 Å². The number of amidine groups is 1. The number of unbranched alkanes of at least 4 members (excludes halogenated alkanes) is 2. The minimum absolute atomic E-state index is 0.0482. The van der Waals surface area contributed by atoms with Gasteiger partial charge in [-0.25, -0.2) is 0 Å². The average molecular weight is 399 g/mol. The normalized spacial score (nSPS) is 10.3. The summed E-state index contributed by atoms with van der Waals surface area (Å²) in [6.45, 7) is 3.63. The number of rotatable bonds is 12. The Hall–Kier alpha value is -3.22. The second-order valence-corrected chi connectivity index (χ2v) is 6.42. The summed E-state index contributed by atoms with van der Waals surface area (Å²) < 4.78 is 16.8. The van der Waals surface area contributed by atoms with E-state index >= 15 is 0 Å². The smallest absolute Gasteiger partial charge is 0.251 e. The molecule has 0 radical (unpaired) electrons. The van der Waals surface area contributed by atoms with E-state index in [0.29, 0.717) is 42.4 Å². The van der Waals surface area contributed by atoms with E-state index < -0.39 is 0 Å². The molecule has 0 spiro atoms. The molecule has 0 saturated carbocycles. The van der Waals surface area contributed by atoms with E-state index in [9.17, 15) is 4.79 Å². The molecule has 0 aliphatic rings. The summed E-state index contributed by atoms with van der Waals surface area (Å²) in [5, 5.41) is 10.1. The summed E-state index contributed by atoms with van der Waals surface area (Å²) in [6.07, 6.45) is 2.75. The molecule has 4 N–H and O–H groups in total. The van der Waals surface area contributed by atoms with Crippen molar-refractivity contribution < 1.29 is 19.0 Å². The molecule has 0 aliphatic carbocycles. The molecule has 7 heteroatoms. The fourth-order valence-corrected chi connectivity index (χ4v) is 2.67. The zero-order chi connectivity index (χ0) is 21.1. The lowest BCUT2D eigenvalue weighted by Crippen LogP contribution is -2.22. The number of hydrogen-bond acceptors (Lipinski definition) is 5. The first-order chi connectivity index (χ1) is 14.0. The third kappa shape index (κ3) is 7.03. The highest BCUT2D eigenvalue weighted by atomic mass is 16.5. The van der Waals surface area contributed by atoms with Crippen molar-refractivity contribution in [2.24, 2.45) is 5.73 Å². The van der Waals surface area contributed by atoms with Crippen LogP contribution in [0.4, 0.5) is 0 Å². The minimum Gasteiger partial charge on any atom is -0.494 e. The Morgan fingerprint density at radius 1 is 0.966 bits per heavy atom. The lowest BCUT2D eigenvalue weighted by atomic mass is 10.2. The highest BCUT2D eigenvalue weighted by Gasteiger charge is 2.10. The van der Waals surface area contributed by atoms with Gasteiger partial charge in [0, 0.05) is 17.7 Å². The van der Waals surface area contributed by atoms with Gasteiger partial charge in [0.25, 0.3) is 5.91 Å². The Morgan fingerprint density at radius 2 is 1.62 bits per heavy atom. The fourth-order valence-electron chi connectivity index (χ4n) is 2.67. The third-order valence-electron chi connectivity index (χ3n) is 4.24. The maximum atomic E-state index is 11.9. The molecule has 0 saturated heterocycles. The van der Waals surface area contributed by atoms with Crippen molar-refractivity contribution in [3.63, 3.8) is 0 Å². The van der Waals surface area contributed by atoms with Gasteiger partial charge in [-0.2, -0.15) is 0 Å². The number of nitrogens with one attached hydrogen (secondary N) is 2. The molecule has 2 aromatic rings. The number of benzene rings is 2. The summed E-state index contributed by atoms with van der Waals surface area (Å²) in [6, 6.07) is 12.4. The molecule has 0 heterocycles. The molecule has 156 valence electrons. The molecule has 2 rings (SSSR count). The first-order valence-corrected chi connectivity index (χ1v) is 9.71. The van der Waals surface area contributed by atoms with Crippen molar-refractivity contribution in [1.29, 1.82) is 5.41 Å². The maximum Gasteiger partial charge on any atom is 0.251 e. The number of nitrogen functional groups attached to an aromatic ring is 1. The summed E-state index contributed by atoms with van der Waals surface area (Å²) in [7, 11) is 1.56. The lowest BCUT2D eigenvalue weighted by Gasteiger charge is -2.12. The predicted molar refractivity (Wildman–Crippen MR) is 113 cm³/mol. The van der Waals surface area contributed by atoms with Crippen LogP contribution >= 0.6 is 0 Å². The number of hydrogen-bond donors (Lipinski definition) is 3. The van der Waals surface area contributed by atoms with Gasteiger partial charge < -0.3 is 25.3 Å². The number of nitrogens with two attached hydrogens (primary N) is 1. The van der Waals surface area contributed by atoms with Crippen molar-refractivity contribution in [3.8, 4) is 17.2 Å². The maximum absolute atomic E-state index is 11.9. The van der Waals surface area contributed by atoms with Crippen LogP contribution in [0, 0.1) is 5.41 Å². The monoisotopic (exact) mass is 399 g/mol. The largest absolute Gasteiger partial charge is 0.494 e. The fraction of sp³-hybridized carbons (Fsp3) is 0.364. The molecule has 0 unspecified atom stereocenters. The van der Waals surface area contributed by atoms with E-state index in [-0.39, 0.29) is 11.7 Å². The Balaban J connectivity index is 1.68. The summed E-state index contributed by atoms with van der Waals surface area (Å²) in [5.41, 5.74) is 6.66. The molecule has 0 aliphatic heterocycles. The van der Waals surface area contributed by atoms with Crippen LogP contribution < -0.4 is 25.3 Å². The number of methoxy groups -OCH3 is 1. The second kappa shape index (κ2) is 11.6. The number of carbonyl (C=O) groups is 1. The molecular formula is C22H29N3O4. The molecule has 0 bridgehead atoms. The standard InChI is InChI=1S/C22H29N3O4/c1-3-25-22(26)17-9-12-19(20(15-17)27-2)29-14-6-4-5-13-28-18-10-7-16(8-11-18)21(23)24/h7-12,15H,3-6,13-14H2,1-2H3,(H3,23,24)(H,25,26). The van der Waals surface area contributed by atoms with Crippen LogP contribution in [0.25, 0.3) is 0 Å². The predicted octanol–water partition coefficient (Wildman–Crippen LogP) is 3.36. The second-order valence-electron chi connectivity index (χ2n) is 6.42. The Labute approximate surface area is 171 Å². The van der Waals surface area contributed by atoms with Crippen LogP contribution in [0.3, 0.4) is 0 Å². The Morgan fingerprint density at radius 3 is 2.24 bits per heavy atom. The van der Waals surface area contributed by atoms with E-state index in [0.717, 1.165) is 25.0 Å². The van der Waals surface area contributed by atoms with Crippen molar-refractivity contribution in [1.82, 2.24) is 5.32 Å². The average Bonchev–Trinajstić information content (AvgIpc) is 2.73. The molecule has 2 aromatic carbocycles. The molecule has 29 heavy (non-hydrogen) atoms. The molecule has 0 fully saturated rings. The SMILES string of the molecule is CCNC(=O)c1ccc(OCCCCCOc2ccc(C(=N)N)cc2)c(OC)c1. The van der Waals surface area contributed by atoms with Crippen molar-refractivity contribution >= 4 is 11.7 Å². The van der Waals surface area contributed by atoms with Crippen LogP contribution in [0.5, 0.6) is 17.2 Å². The van der Waals surface area contributed by atoms with Gasteiger partial charge >= 0.3 is 0 Å². The number of amides is 1. The Bertz CT molecular complexity index is 806. The van der Waals surface area contributed by atoms with Crippen LogP contribution in [-0.2, 0) is 0 Å². The zero-order valence-corrected chi connectivity index (χ0v) is 17.0. The van der Waals surface area contributed by atoms with E-state index in [1.165, 1.54) is 0 Å². The quantitative estimate of drug-likeness (QED) is 0.288. The lowest BCUT2D eigenvalue weighted by molar-refractivity contribution is 0.0955. The van der Waals surface area contributed by atoms with Crippen LogP contribution in [0.1, 0.15) is 42.1 Å². The summed E-state index contributed by atoms with van der Waals surface area (Å²) in [5.74, 6) is 1.86. The number of carbonyl (C=O) groups excluding carboxylic acids is 1. The van der Waals surface area contributed by atoms with Crippen LogP contribution in [-0.4, -0.2) is 38.6 Å². The van der Waals surface area contributed by atoms with Crippen molar-refractivity contribution in [2.45, 2.75) is 26.2 Å². The number of ether oxygens (including phenoxy) is 3. The van der Waals surface area contributed by atoms with Gasteiger partial charge in [-0.3, -0.25) is 10.2 Å². The van der Waals surface area contributed by atoms with E-state index in [1.807, 2.05) is 19.1 Å². The Kier molecular flexibility index (Phi) is 8.82. The van der Waals surface area contributed by atoms with Crippen molar-refractivity contribution in [3.05, 3.63) is 53.6 Å². The van der Waals surface area contributed by atoms with Gasteiger partial charge in [0.15, 0.2) is 11.5 Å². The first-order valence-electron chi connectivity index (χ1n) is 9.71. The van der Waals surface area contributed by atoms with Crippen LogP contribution in [0.2, 0.25) is 0 Å². The van der Waals surface area contributed by atoms with Gasteiger partial charge in [-0.15, -0.1) is 0 Å². The summed E-state index contributed by atoms with van der Waals surface area (Å²) >= 11 is 0. The van der Waals surface area contributed by atoms with Gasteiger partial charge in [-0.1, -0.05) is 0 Å². The highest BCUT2D eigenvalue weighted by molar-refractivity contribution is 5.95. The third-order valence-corrected chi connectivity index (χ3v) is 4.24. The molecular weight excluding hydrogens is 370 g/mol. The van der Waals surface area contributed by atoms with Gasteiger partial charge in [0.1, 0.15) is 11.6 Å². The first kappa shape index (κ1) is 22.1. The topological polar surface area (TPSA) is 107 Å². The van der Waals surface area contributed by atoms with Gasteiger partial charge in [-0.05, 0) is 68.7 Å². The molecule has 0 atom stereocenters. The summed E-state index contributed by atoms with van der Waals surface area (Å²) in [4.78, 5) is 11.9. The van der Waals surface area contributed by atoms with E-state index in [1.54, 1.807) is 37.4 Å². The van der Waals surface area contributed by atoms with Crippen molar-refractivity contribution in [2.75, 3.05) is 26.9 Å². The highest BCUT2D eigenvalue weighted by Crippen LogP contribution is 2.28. The molecule has 7 nitrogen and oxygen atoms in total. The minimum atomic E-state index is -0.131. The molecule has 1 amide bonds. The van der Waals surface area contributed by atoms with Gasteiger partial charge in [0.05, 0.1) is 20.3 Å².